The quantitative estimate of drug-likeness (QED) is 0.142. The van der Waals surface area contributed by atoms with Gasteiger partial charge in [-0.3, -0.25) is 29.9 Å². The van der Waals surface area contributed by atoms with Gasteiger partial charge in [0, 0.05) is 92.4 Å². The van der Waals surface area contributed by atoms with Crippen LogP contribution in [0.3, 0.4) is 0 Å². The number of pyridine rings is 4. The van der Waals surface area contributed by atoms with Crippen molar-refractivity contribution < 1.29 is 0 Å². The maximum Gasteiger partial charge on any atom is 0.116 e. The SMILES string of the molecule is CC1=Cc2ccccc2C1.CC1=Cc2cccnc2C1.CC1=Cc2ccncc2C1.CC1=Cc2cnccc2C1.CC1=Cc2cncnc2C1.CC1=Cc2cnncc2C1.CC1=Cc2ncccc2C1.CC1=Cc2nccnc2C1.CC1=Cc2ncncc2C1. The van der Waals surface area contributed by atoms with Crippen LogP contribution < -0.4 is 0 Å². The summed E-state index contributed by atoms with van der Waals surface area (Å²) < 4.78 is 0. The molecule has 18 rings (SSSR count). The van der Waals surface area contributed by atoms with Gasteiger partial charge in [0.2, 0.25) is 0 Å². The van der Waals surface area contributed by atoms with Gasteiger partial charge in [-0.05, 0) is 199 Å². The molecule has 0 spiro atoms. The number of allylic oxidation sites excluding steroid dienone is 9. The van der Waals surface area contributed by atoms with Gasteiger partial charge in [0.05, 0.1) is 46.6 Å². The molecule has 0 bridgehead atoms. The fraction of sp³-hybridized carbons (Fsp3) is 0.231. The minimum Gasteiger partial charge on any atom is -0.264 e. The van der Waals surface area contributed by atoms with Crippen LogP contribution in [0.15, 0.2) is 198 Å². The van der Waals surface area contributed by atoms with Gasteiger partial charge in [-0.25, -0.2) is 19.9 Å². The molecule has 0 saturated heterocycles. The van der Waals surface area contributed by atoms with Gasteiger partial charge in [-0.15, -0.1) is 0 Å². The summed E-state index contributed by atoms with van der Waals surface area (Å²) in [5, 5.41) is 7.60. The van der Waals surface area contributed by atoms with Crippen LogP contribution in [0.1, 0.15) is 163 Å². The van der Waals surface area contributed by atoms with E-state index < -0.39 is 0 Å². The molecule has 8 aromatic heterocycles. The lowest BCUT2D eigenvalue weighted by atomic mass is 10.1. The average Bonchev–Trinajstić information content (AvgIpc) is 4.63. The molecule has 12 nitrogen and oxygen atoms in total. The Morgan fingerprint density at radius 2 is 0.656 bits per heavy atom. The molecule has 1 aromatic carbocycles. The Hall–Kier alpha value is -10.2. The van der Waals surface area contributed by atoms with Crippen LogP contribution in [0.25, 0.3) is 54.7 Å². The number of nitrogens with zero attached hydrogens (tertiary/aromatic N) is 12. The van der Waals surface area contributed by atoms with E-state index in [1.807, 2.05) is 74.1 Å². The zero-order valence-corrected chi connectivity index (χ0v) is 53.3. The molecule has 0 atom stereocenters. The van der Waals surface area contributed by atoms with Crippen LogP contribution in [0.2, 0.25) is 0 Å². The highest BCUT2D eigenvalue weighted by atomic mass is 15.1. The largest absolute Gasteiger partial charge is 0.264 e. The molecule has 450 valence electrons. The molecule has 0 saturated carbocycles. The normalized spacial score (nSPS) is 14.7. The van der Waals surface area contributed by atoms with Gasteiger partial charge in [-0.2, -0.15) is 10.2 Å². The minimum absolute atomic E-state index is 0.975. The number of benzene rings is 1. The van der Waals surface area contributed by atoms with Crippen LogP contribution in [0.5, 0.6) is 0 Å². The smallest absolute Gasteiger partial charge is 0.116 e. The molecule has 0 aliphatic heterocycles. The second-order valence-electron chi connectivity index (χ2n) is 24.2. The number of rotatable bonds is 0. The summed E-state index contributed by atoms with van der Waals surface area (Å²) >= 11 is 0. The Morgan fingerprint density at radius 1 is 0.233 bits per heavy atom. The van der Waals surface area contributed by atoms with Crippen LogP contribution in [0, 0.1) is 0 Å². The number of fused-ring (bicyclic) bond motifs is 9. The lowest BCUT2D eigenvalue weighted by molar-refractivity contribution is 0.997. The van der Waals surface area contributed by atoms with Crippen molar-refractivity contribution >= 4 is 54.7 Å². The molecule has 0 amide bonds. The number of hydrogen-bond acceptors (Lipinski definition) is 12. The minimum atomic E-state index is 0.975. The summed E-state index contributed by atoms with van der Waals surface area (Å²) in [5.41, 5.74) is 35.3. The summed E-state index contributed by atoms with van der Waals surface area (Å²) in [6.45, 7) is 19.2. The van der Waals surface area contributed by atoms with Crippen LogP contribution in [0.4, 0.5) is 0 Å². The lowest BCUT2D eigenvalue weighted by Gasteiger charge is -1.93. The van der Waals surface area contributed by atoms with Crippen molar-refractivity contribution in [1.29, 1.82) is 0 Å². The van der Waals surface area contributed by atoms with E-state index in [0.717, 1.165) is 86.3 Å². The van der Waals surface area contributed by atoms with E-state index in [0.29, 0.717) is 0 Å². The van der Waals surface area contributed by atoms with Crippen molar-refractivity contribution in [3.63, 3.8) is 0 Å². The summed E-state index contributed by atoms with van der Waals surface area (Å²) in [5.74, 6) is 0. The molecule has 8 heterocycles. The first kappa shape index (κ1) is 62.8. The molecular formula is C78H78N12. The first-order chi connectivity index (χ1) is 43.7. The monoisotopic (exact) mass is 1180 g/mol. The van der Waals surface area contributed by atoms with Gasteiger partial charge in [0.25, 0.3) is 0 Å². The first-order valence-corrected chi connectivity index (χ1v) is 30.8. The fourth-order valence-corrected chi connectivity index (χ4v) is 11.6. The average molecular weight is 1180 g/mol. The summed E-state index contributed by atoms with van der Waals surface area (Å²) in [6, 6.07) is 20.9. The predicted octanol–water partition coefficient (Wildman–Crippen LogP) is 16.6. The zero-order chi connectivity index (χ0) is 62.8. The van der Waals surface area contributed by atoms with Gasteiger partial charge >= 0.3 is 0 Å². The third kappa shape index (κ3) is 17.7. The molecule has 9 aliphatic rings. The highest BCUT2D eigenvalue weighted by Crippen LogP contribution is 2.28. The molecule has 12 heteroatoms. The van der Waals surface area contributed by atoms with E-state index in [2.05, 4.69) is 226 Å². The third-order valence-electron chi connectivity index (χ3n) is 15.8. The molecular weight excluding hydrogens is 1100 g/mol. The Kier molecular flexibility index (Phi) is 21.4. The van der Waals surface area contributed by atoms with Crippen LogP contribution in [-0.4, -0.2) is 60.0 Å². The van der Waals surface area contributed by atoms with E-state index in [4.69, 9.17) is 0 Å². The van der Waals surface area contributed by atoms with Gasteiger partial charge in [0.1, 0.15) is 12.7 Å². The highest BCUT2D eigenvalue weighted by molar-refractivity contribution is 5.66. The molecule has 9 aliphatic carbocycles. The molecule has 0 N–H and O–H groups in total. The van der Waals surface area contributed by atoms with Crippen molar-refractivity contribution in [2.75, 3.05) is 0 Å². The number of hydrogen-bond donors (Lipinski definition) is 0. The Bertz CT molecular complexity index is 3460. The second-order valence-corrected chi connectivity index (χ2v) is 24.2. The topological polar surface area (TPSA) is 155 Å². The molecule has 0 fully saturated rings. The van der Waals surface area contributed by atoms with Crippen LogP contribution >= 0.6 is 0 Å². The maximum atomic E-state index is 4.26. The van der Waals surface area contributed by atoms with Gasteiger partial charge in [-0.1, -0.05) is 123 Å². The summed E-state index contributed by atoms with van der Waals surface area (Å²) in [7, 11) is 0. The van der Waals surface area contributed by atoms with Crippen molar-refractivity contribution in [3.8, 4) is 0 Å². The van der Waals surface area contributed by atoms with Crippen LogP contribution in [-0.2, 0) is 57.8 Å². The van der Waals surface area contributed by atoms with E-state index in [1.165, 1.54) is 123 Å². The predicted molar refractivity (Wildman–Crippen MR) is 368 cm³/mol. The Labute approximate surface area is 530 Å². The van der Waals surface area contributed by atoms with E-state index in [9.17, 15) is 0 Å². The third-order valence-corrected chi connectivity index (χ3v) is 15.8. The lowest BCUT2D eigenvalue weighted by Crippen LogP contribution is -1.89. The van der Waals surface area contributed by atoms with E-state index >= 15 is 0 Å². The Balaban J connectivity index is 0.000000111. The van der Waals surface area contributed by atoms with Gasteiger partial charge in [0.15, 0.2) is 0 Å². The summed E-state index contributed by atoms with van der Waals surface area (Å²) in [4.78, 5) is 41.1. The summed E-state index contributed by atoms with van der Waals surface area (Å²) in [6.07, 6.45) is 54.3. The van der Waals surface area contributed by atoms with Crippen molar-refractivity contribution in [2.45, 2.75) is 120 Å². The number of aromatic nitrogens is 12. The molecule has 9 aromatic rings. The second kappa shape index (κ2) is 30.6. The standard InChI is InChI=1S/C10H10.4C9H9N.4C8H8N2/c1-8-6-9-4-2-3-5-10(9)7-8;2*1-7-4-8-2-3-10-6-9(8)5-7;2*1-7-5-8-3-2-4-10-9(8)6-7;2*1-6-2-7-4-9-5-10-8(7)3-6;1-6-2-7-4-9-10-5-8(7)3-6;1-6-4-7-8(5-6)10-3-2-9-7/h2-6H,7H2,1H3;2-3,5-6H,4H2,1H3;2*2-4,6H,5H2,1H3;2-5H,6H2,1H3;3-5H,2H2,1H3;2*2,4-5H,3H2,1H3;2-4H,5H2,1H3. The molecule has 0 unspecified atom stereocenters. The zero-order valence-electron chi connectivity index (χ0n) is 53.3. The van der Waals surface area contributed by atoms with Crippen molar-refractivity contribution in [2.24, 2.45) is 0 Å². The van der Waals surface area contributed by atoms with Crippen molar-refractivity contribution in [3.05, 3.63) is 299 Å². The van der Waals surface area contributed by atoms with Crippen molar-refractivity contribution in [1.82, 2.24) is 60.0 Å². The van der Waals surface area contributed by atoms with Gasteiger partial charge < -0.3 is 0 Å². The molecule has 90 heavy (non-hydrogen) atoms. The van der Waals surface area contributed by atoms with E-state index in [-0.39, 0.29) is 0 Å². The highest BCUT2D eigenvalue weighted by Gasteiger charge is 2.15. The fourth-order valence-electron chi connectivity index (χ4n) is 11.6. The van der Waals surface area contributed by atoms with E-state index in [1.54, 1.807) is 25.0 Å². The molecule has 0 radical (unpaired) electrons. The Morgan fingerprint density at radius 3 is 1.33 bits per heavy atom. The first-order valence-electron chi connectivity index (χ1n) is 30.8. The maximum absolute atomic E-state index is 4.26.